The summed E-state index contributed by atoms with van der Waals surface area (Å²) in [5, 5.41) is 13.1. The van der Waals surface area contributed by atoms with Crippen molar-refractivity contribution >= 4 is 18.0 Å². The predicted octanol–water partition coefficient (Wildman–Crippen LogP) is 8.44. The first-order valence-electron chi connectivity index (χ1n) is 21.4. The SMILES string of the molecule is CCOC(=O)[C@H]1CCNC[C@H]1CCc1ccc(OC)cc1.Cc1oc(-c2ccccc2)nc1CCOc1ccc(CCC2CN(C(=O)OCC(C)C)CC[C@@H]2C(=O)O)cc1. The maximum atomic E-state index is 12.4. The van der Waals surface area contributed by atoms with E-state index in [-0.39, 0.29) is 29.8 Å². The first kappa shape index (κ1) is 45.7. The van der Waals surface area contributed by atoms with Crippen molar-refractivity contribution < 1.29 is 42.9 Å². The highest BCUT2D eigenvalue weighted by atomic mass is 16.6. The Morgan fingerprint density at radius 3 is 2.17 bits per heavy atom. The van der Waals surface area contributed by atoms with Gasteiger partial charge in [0.25, 0.3) is 0 Å². The minimum absolute atomic E-state index is 0.0290. The number of aryl methyl sites for hydroxylation is 3. The molecule has 3 aromatic carbocycles. The summed E-state index contributed by atoms with van der Waals surface area (Å²) in [7, 11) is 1.67. The van der Waals surface area contributed by atoms with Crippen LogP contribution in [0.15, 0.2) is 83.3 Å². The molecule has 1 aromatic heterocycles. The smallest absolute Gasteiger partial charge is 0.409 e. The van der Waals surface area contributed by atoms with Crippen LogP contribution in [-0.2, 0) is 38.3 Å². The summed E-state index contributed by atoms with van der Waals surface area (Å²) in [5.41, 5.74) is 4.22. The van der Waals surface area contributed by atoms with E-state index in [1.54, 1.807) is 12.0 Å². The van der Waals surface area contributed by atoms with E-state index in [1.807, 2.05) is 94.4 Å². The molecule has 2 fully saturated rings. The number of rotatable bonds is 17. The number of amides is 1. The van der Waals surface area contributed by atoms with Crippen LogP contribution in [0.1, 0.15) is 69.0 Å². The molecule has 4 aromatic rings. The van der Waals surface area contributed by atoms with Crippen LogP contribution >= 0.6 is 0 Å². The van der Waals surface area contributed by atoms with Gasteiger partial charge >= 0.3 is 18.0 Å². The molecule has 1 unspecified atom stereocenters. The first-order valence-corrected chi connectivity index (χ1v) is 21.4. The number of oxazole rings is 1. The molecule has 1 amide bonds. The van der Waals surface area contributed by atoms with Gasteiger partial charge in [0, 0.05) is 25.1 Å². The summed E-state index contributed by atoms with van der Waals surface area (Å²) in [6, 6.07) is 25.9. The maximum absolute atomic E-state index is 12.4. The molecule has 2 N–H and O–H groups in total. The second-order valence-electron chi connectivity index (χ2n) is 16.1. The lowest BCUT2D eigenvalue weighted by Gasteiger charge is -2.36. The normalized spacial score (nSPS) is 18.9. The Balaban J connectivity index is 0.000000274. The van der Waals surface area contributed by atoms with Gasteiger partial charge in [-0.2, -0.15) is 0 Å². The van der Waals surface area contributed by atoms with E-state index in [0.717, 1.165) is 72.9 Å². The zero-order chi connectivity index (χ0) is 42.9. The number of aromatic nitrogens is 1. The summed E-state index contributed by atoms with van der Waals surface area (Å²) < 4.78 is 27.5. The zero-order valence-electron chi connectivity index (χ0n) is 35.9. The van der Waals surface area contributed by atoms with Crippen LogP contribution in [0.3, 0.4) is 0 Å². The van der Waals surface area contributed by atoms with Crippen molar-refractivity contribution in [1.82, 2.24) is 15.2 Å². The molecule has 4 atom stereocenters. The van der Waals surface area contributed by atoms with Gasteiger partial charge in [-0.3, -0.25) is 9.59 Å². The summed E-state index contributed by atoms with van der Waals surface area (Å²) in [4.78, 5) is 42.6. The third kappa shape index (κ3) is 13.9. The van der Waals surface area contributed by atoms with Crippen molar-refractivity contribution in [1.29, 1.82) is 0 Å². The molecular weight excluding hydrogens is 763 g/mol. The number of nitrogens with zero attached hydrogens (tertiary/aromatic N) is 2. The zero-order valence-corrected chi connectivity index (χ0v) is 35.9. The largest absolute Gasteiger partial charge is 0.497 e. The molecule has 0 radical (unpaired) electrons. The van der Waals surface area contributed by atoms with Gasteiger partial charge in [0.05, 0.1) is 44.5 Å². The molecule has 0 saturated carbocycles. The Hall–Kier alpha value is -5.36. The van der Waals surface area contributed by atoms with Crippen molar-refractivity contribution in [2.45, 2.75) is 72.6 Å². The quantitative estimate of drug-likeness (QED) is 0.0988. The fourth-order valence-electron chi connectivity index (χ4n) is 7.81. The number of benzene rings is 3. The number of carbonyl (C=O) groups is 3. The van der Waals surface area contributed by atoms with Crippen LogP contribution in [0.25, 0.3) is 11.5 Å². The monoisotopic (exact) mass is 825 g/mol. The van der Waals surface area contributed by atoms with Gasteiger partial charge in [0.2, 0.25) is 5.89 Å². The maximum Gasteiger partial charge on any atom is 0.409 e. The molecule has 2 saturated heterocycles. The molecule has 2 aliphatic rings. The fourth-order valence-corrected chi connectivity index (χ4v) is 7.81. The molecule has 12 nitrogen and oxygen atoms in total. The Morgan fingerprint density at radius 1 is 0.867 bits per heavy atom. The van der Waals surface area contributed by atoms with Gasteiger partial charge in [0.1, 0.15) is 17.3 Å². The van der Waals surface area contributed by atoms with Gasteiger partial charge in [-0.25, -0.2) is 9.78 Å². The second-order valence-corrected chi connectivity index (χ2v) is 16.1. The highest BCUT2D eigenvalue weighted by molar-refractivity contribution is 5.73. The molecule has 6 rings (SSSR count). The Labute approximate surface area is 355 Å². The van der Waals surface area contributed by atoms with E-state index in [9.17, 15) is 19.5 Å². The molecule has 0 aliphatic carbocycles. The lowest BCUT2D eigenvalue weighted by molar-refractivity contribution is -0.151. The van der Waals surface area contributed by atoms with Crippen LogP contribution in [0.5, 0.6) is 11.5 Å². The van der Waals surface area contributed by atoms with Crippen LogP contribution in [-0.4, -0.2) is 86.1 Å². The molecule has 60 heavy (non-hydrogen) atoms. The highest BCUT2D eigenvalue weighted by Crippen LogP contribution is 2.30. The number of carboxylic acid groups (broad SMARTS) is 1. The van der Waals surface area contributed by atoms with Crippen molar-refractivity contribution in [3.05, 3.63) is 101 Å². The minimum Gasteiger partial charge on any atom is -0.497 e. The number of aliphatic carboxylic acids is 1. The Kier molecular flexibility index (Phi) is 17.9. The molecule has 0 bridgehead atoms. The number of hydrogen-bond acceptors (Lipinski definition) is 10. The number of carbonyl (C=O) groups excluding carboxylic acids is 2. The molecular formula is C48H63N3O9. The standard InChI is InChI=1S/C31H38N2O6.C17H25NO3/c1-21(2)20-38-31(36)33-17-15-27(30(34)35)25(19-33)12-9-23-10-13-26(14-11-23)37-18-16-28-22(3)39-29(32-28)24-7-5-4-6-8-24;1-3-21-17(19)16-10-11-18-12-14(16)7-4-13-5-8-15(20-2)9-6-13/h4-8,10-11,13-14,21,25,27H,9,12,15-20H2,1-3H3,(H,34,35);5-6,8-9,14,16,18H,3-4,7,10-12H2,1-2H3/t25?,27-;14-,16+/m01/s1. The summed E-state index contributed by atoms with van der Waals surface area (Å²) in [6.07, 6.45) is 5.00. The average Bonchev–Trinajstić information content (AvgIpc) is 3.64. The van der Waals surface area contributed by atoms with E-state index >= 15 is 0 Å². The van der Waals surface area contributed by atoms with Crippen molar-refractivity contribution in [3.8, 4) is 23.0 Å². The lowest BCUT2D eigenvalue weighted by Crippen LogP contribution is -2.46. The van der Waals surface area contributed by atoms with Crippen molar-refractivity contribution in [2.24, 2.45) is 29.6 Å². The number of piperidine rings is 2. The Morgan fingerprint density at radius 2 is 1.53 bits per heavy atom. The number of ether oxygens (including phenoxy) is 4. The first-order chi connectivity index (χ1) is 29.0. The van der Waals surface area contributed by atoms with E-state index in [2.05, 4.69) is 22.4 Å². The third-order valence-corrected chi connectivity index (χ3v) is 11.3. The summed E-state index contributed by atoms with van der Waals surface area (Å²) in [6.45, 7) is 11.7. The topological polar surface area (TPSA) is 150 Å². The van der Waals surface area contributed by atoms with E-state index in [4.69, 9.17) is 23.4 Å². The minimum atomic E-state index is -0.794. The number of nitrogens with one attached hydrogen (secondary N) is 1. The van der Waals surface area contributed by atoms with Crippen molar-refractivity contribution in [2.75, 3.05) is 53.1 Å². The molecule has 12 heteroatoms. The Bertz CT molecular complexity index is 1910. The molecule has 324 valence electrons. The van der Waals surface area contributed by atoms with Crippen LogP contribution in [0.4, 0.5) is 4.79 Å². The number of esters is 1. The summed E-state index contributed by atoms with van der Waals surface area (Å²) in [5.74, 6) is 2.32. The lowest BCUT2D eigenvalue weighted by atomic mass is 9.82. The summed E-state index contributed by atoms with van der Waals surface area (Å²) >= 11 is 0. The third-order valence-electron chi connectivity index (χ3n) is 11.3. The number of hydrogen-bond donors (Lipinski definition) is 2. The van der Waals surface area contributed by atoms with Gasteiger partial charge < -0.3 is 38.7 Å². The van der Waals surface area contributed by atoms with E-state index in [0.29, 0.717) is 64.0 Å². The van der Waals surface area contributed by atoms with Gasteiger partial charge in [-0.05, 0) is 131 Å². The van der Waals surface area contributed by atoms with Crippen LogP contribution in [0.2, 0.25) is 0 Å². The molecule has 0 spiro atoms. The highest BCUT2D eigenvalue weighted by Gasteiger charge is 2.36. The van der Waals surface area contributed by atoms with Gasteiger partial charge in [-0.15, -0.1) is 0 Å². The molecule has 2 aliphatic heterocycles. The molecule has 3 heterocycles. The van der Waals surface area contributed by atoms with Crippen LogP contribution in [0, 0.1) is 36.5 Å². The number of carboxylic acids is 1. The van der Waals surface area contributed by atoms with Crippen molar-refractivity contribution in [3.63, 3.8) is 0 Å². The average molecular weight is 826 g/mol. The number of methoxy groups -OCH3 is 1. The van der Waals surface area contributed by atoms with Gasteiger partial charge in [0.15, 0.2) is 0 Å². The van der Waals surface area contributed by atoms with E-state index < -0.39 is 11.9 Å². The van der Waals surface area contributed by atoms with Crippen LogP contribution < -0.4 is 14.8 Å². The predicted molar refractivity (Wildman–Crippen MR) is 230 cm³/mol. The number of likely N-dealkylation sites (tertiary alicyclic amines) is 1. The fraction of sp³-hybridized carbons (Fsp3) is 0.500. The second kappa shape index (κ2) is 23.4. The van der Waals surface area contributed by atoms with E-state index in [1.165, 1.54) is 5.56 Å². The van der Waals surface area contributed by atoms with Gasteiger partial charge in [-0.1, -0.05) is 56.3 Å².